The summed E-state index contributed by atoms with van der Waals surface area (Å²) in [5.41, 5.74) is 2.06. The second-order valence-electron chi connectivity index (χ2n) is 5.45. The summed E-state index contributed by atoms with van der Waals surface area (Å²) in [5.74, 6) is 1.69. The lowest BCUT2D eigenvalue weighted by Crippen LogP contribution is -2.39. The number of aromatic nitrogens is 1. The van der Waals surface area contributed by atoms with Crippen molar-refractivity contribution in [3.63, 3.8) is 0 Å². The van der Waals surface area contributed by atoms with E-state index < -0.39 is 0 Å². The Morgan fingerprint density at radius 2 is 1.95 bits per heavy atom. The first-order valence-corrected chi connectivity index (χ1v) is 7.55. The minimum atomic E-state index is -0.186. The van der Waals surface area contributed by atoms with Gasteiger partial charge in [0.1, 0.15) is 11.5 Å². The number of rotatable bonds is 5. The maximum Gasteiger partial charge on any atom is 0.315 e. The maximum atomic E-state index is 12.2. The average molecular weight is 301 g/mol. The second-order valence-corrected chi connectivity index (χ2v) is 5.45. The molecular formula is C17H23N3O2. The number of carbonyl (C=O) groups excluding carboxylic acids is 1. The molecule has 0 radical (unpaired) electrons. The molecule has 2 heterocycles. The highest BCUT2D eigenvalue weighted by Crippen LogP contribution is 2.21. The SMILES string of the molecule is CCC(NC(=O)NC(C)c1cc(C)oc1C)c1ccncc1. The van der Waals surface area contributed by atoms with Crippen LogP contribution < -0.4 is 10.6 Å². The number of nitrogens with one attached hydrogen (secondary N) is 2. The van der Waals surface area contributed by atoms with Crippen LogP contribution in [0, 0.1) is 13.8 Å². The first-order chi connectivity index (χ1) is 10.5. The average Bonchev–Trinajstić information content (AvgIpc) is 2.84. The van der Waals surface area contributed by atoms with Crippen molar-refractivity contribution >= 4 is 6.03 Å². The molecule has 118 valence electrons. The fourth-order valence-electron chi connectivity index (χ4n) is 2.57. The van der Waals surface area contributed by atoms with Crippen LogP contribution in [0.4, 0.5) is 4.79 Å². The van der Waals surface area contributed by atoms with Gasteiger partial charge in [-0.05, 0) is 51.0 Å². The third-order valence-electron chi connectivity index (χ3n) is 3.72. The monoisotopic (exact) mass is 301 g/mol. The summed E-state index contributed by atoms with van der Waals surface area (Å²) in [6.45, 7) is 7.80. The Bertz CT molecular complexity index is 622. The molecule has 0 saturated carbocycles. The normalized spacial score (nSPS) is 13.5. The van der Waals surface area contributed by atoms with Gasteiger partial charge in [0.2, 0.25) is 0 Å². The highest BCUT2D eigenvalue weighted by Gasteiger charge is 2.17. The van der Waals surface area contributed by atoms with Crippen LogP contribution in [0.1, 0.15) is 55.0 Å². The van der Waals surface area contributed by atoms with Crippen molar-refractivity contribution in [2.24, 2.45) is 0 Å². The van der Waals surface area contributed by atoms with Crippen molar-refractivity contribution < 1.29 is 9.21 Å². The first-order valence-electron chi connectivity index (χ1n) is 7.55. The molecule has 2 aromatic heterocycles. The predicted molar refractivity (Wildman–Crippen MR) is 85.5 cm³/mol. The predicted octanol–water partition coefficient (Wildman–Crippen LogP) is 3.80. The topological polar surface area (TPSA) is 67.2 Å². The van der Waals surface area contributed by atoms with Crippen molar-refractivity contribution in [2.45, 2.75) is 46.2 Å². The van der Waals surface area contributed by atoms with Gasteiger partial charge < -0.3 is 15.1 Å². The Morgan fingerprint density at radius 1 is 1.27 bits per heavy atom. The summed E-state index contributed by atoms with van der Waals surface area (Å²) in [5, 5.41) is 5.96. The van der Waals surface area contributed by atoms with E-state index in [-0.39, 0.29) is 18.1 Å². The van der Waals surface area contributed by atoms with Crippen molar-refractivity contribution in [3.8, 4) is 0 Å². The second kappa shape index (κ2) is 7.11. The van der Waals surface area contributed by atoms with Crippen LogP contribution in [0.15, 0.2) is 35.0 Å². The quantitative estimate of drug-likeness (QED) is 0.882. The van der Waals surface area contributed by atoms with Crippen LogP contribution >= 0.6 is 0 Å². The lowest BCUT2D eigenvalue weighted by molar-refractivity contribution is 0.233. The Balaban J connectivity index is 1.98. The van der Waals surface area contributed by atoms with Crippen LogP contribution in [0.25, 0.3) is 0 Å². The molecule has 0 saturated heterocycles. The molecule has 0 aliphatic carbocycles. The van der Waals surface area contributed by atoms with Gasteiger partial charge in [0, 0.05) is 18.0 Å². The summed E-state index contributed by atoms with van der Waals surface area (Å²) >= 11 is 0. The van der Waals surface area contributed by atoms with Crippen LogP contribution in [0.5, 0.6) is 0 Å². The van der Waals surface area contributed by atoms with E-state index in [9.17, 15) is 4.79 Å². The number of carbonyl (C=O) groups is 1. The number of urea groups is 1. The number of aryl methyl sites for hydroxylation is 2. The number of pyridine rings is 1. The zero-order valence-electron chi connectivity index (χ0n) is 13.5. The summed E-state index contributed by atoms with van der Waals surface area (Å²) in [4.78, 5) is 16.2. The van der Waals surface area contributed by atoms with Gasteiger partial charge in [-0.3, -0.25) is 4.98 Å². The van der Waals surface area contributed by atoms with Gasteiger partial charge in [0.05, 0.1) is 12.1 Å². The third-order valence-corrected chi connectivity index (χ3v) is 3.72. The lowest BCUT2D eigenvalue weighted by Gasteiger charge is -2.20. The summed E-state index contributed by atoms with van der Waals surface area (Å²) in [6, 6.07) is 5.48. The van der Waals surface area contributed by atoms with E-state index in [1.807, 2.05) is 45.9 Å². The zero-order valence-corrected chi connectivity index (χ0v) is 13.5. The van der Waals surface area contributed by atoms with Gasteiger partial charge in [0.25, 0.3) is 0 Å². The minimum Gasteiger partial charge on any atom is -0.466 e. The summed E-state index contributed by atoms with van der Waals surface area (Å²) < 4.78 is 5.51. The standard InChI is InChI=1S/C17H23N3O2/c1-5-16(14-6-8-18-9-7-14)20-17(21)19-12(3)15-10-11(2)22-13(15)4/h6-10,12,16H,5H2,1-4H3,(H2,19,20,21). The molecule has 0 aliphatic heterocycles. The summed E-state index contributed by atoms with van der Waals surface area (Å²) in [7, 11) is 0. The van der Waals surface area contributed by atoms with Crippen molar-refractivity contribution in [2.75, 3.05) is 0 Å². The lowest BCUT2D eigenvalue weighted by atomic mass is 10.1. The zero-order chi connectivity index (χ0) is 16.1. The molecule has 2 amide bonds. The van der Waals surface area contributed by atoms with Crippen LogP contribution in [-0.2, 0) is 0 Å². The highest BCUT2D eigenvalue weighted by molar-refractivity contribution is 5.75. The fourth-order valence-corrected chi connectivity index (χ4v) is 2.57. The first kappa shape index (κ1) is 16.1. The molecule has 0 spiro atoms. The Kier molecular flexibility index (Phi) is 5.20. The van der Waals surface area contributed by atoms with Gasteiger partial charge in [0.15, 0.2) is 0 Å². The molecule has 5 nitrogen and oxygen atoms in total. The molecule has 2 rings (SSSR count). The van der Waals surface area contributed by atoms with Gasteiger partial charge >= 0.3 is 6.03 Å². The van der Waals surface area contributed by atoms with Crippen molar-refractivity contribution in [1.82, 2.24) is 15.6 Å². The molecule has 0 aromatic carbocycles. The molecule has 22 heavy (non-hydrogen) atoms. The molecule has 0 aliphatic rings. The maximum absolute atomic E-state index is 12.2. The number of furan rings is 1. The number of hydrogen-bond acceptors (Lipinski definition) is 3. The number of amides is 2. The highest BCUT2D eigenvalue weighted by atomic mass is 16.3. The molecule has 2 aromatic rings. The third kappa shape index (κ3) is 3.87. The number of nitrogens with zero attached hydrogens (tertiary/aromatic N) is 1. The van der Waals surface area contributed by atoms with E-state index in [0.29, 0.717) is 0 Å². The van der Waals surface area contributed by atoms with Gasteiger partial charge in [-0.1, -0.05) is 6.92 Å². The molecule has 2 N–H and O–H groups in total. The Morgan fingerprint density at radius 3 is 2.50 bits per heavy atom. The summed E-state index contributed by atoms with van der Waals surface area (Å²) in [6.07, 6.45) is 4.28. The molecule has 0 bridgehead atoms. The molecule has 0 fully saturated rings. The van der Waals surface area contributed by atoms with Crippen molar-refractivity contribution in [1.29, 1.82) is 0 Å². The van der Waals surface area contributed by atoms with E-state index >= 15 is 0 Å². The van der Waals surface area contributed by atoms with Gasteiger partial charge in [-0.25, -0.2) is 4.79 Å². The minimum absolute atomic E-state index is 0.0256. The van der Waals surface area contributed by atoms with E-state index in [0.717, 1.165) is 29.1 Å². The molecular weight excluding hydrogens is 278 g/mol. The van der Waals surface area contributed by atoms with E-state index in [4.69, 9.17) is 4.42 Å². The number of hydrogen-bond donors (Lipinski definition) is 2. The van der Waals surface area contributed by atoms with Gasteiger partial charge in [-0.15, -0.1) is 0 Å². The van der Waals surface area contributed by atoms with Gasteiger partial charge in [-0.2, -0.15) is 0 Å². The Hall–Kier alpha value is -2.30. The molecule has 2 unspecified atom stereocenters. The van der Waals surface area contributed by atoms with E-state index in [1.165, 1.54) is 0 Å². The van der Waals surface area contributed by atoms with Crippen LogP contribution in [0.2, 0.25) is 0 Å². The fraction of sp³-hybridized carbons (Fsp3) is 0.412. The Labute approximate surface area is 131 Å². The van der Waals surface area contributed by atoms with Crippen LogP contribution in [0.3, 0.4) is 0 Å². The largest absolute Gasteiger partial charge is 0.466 e. The molecule has 5 heteroatoms. The molecule has 2 atom stereocenters. The van der Waals surface area contributed by atoms with Crippen LogP contribution in [-0.4, -0.2) is 11.0 Å². The smallest absolute Gasteiger partial charge is 0.315 e. The van der Waals surface area contributed by atoms with E-state index in [2.05, 4.69) is 15.6 Å². The van der Waals surface area contributed by atoms with E-state index in [1.54, 1.807) is 12.4 Å². The van der Waals surface area contributed by atoms with Crippen molar-refractivity contribution in [3.05, 3.63) is 53.2 Å².